The zero-order valence-electron chi connectivity index (χ0n) is 18.2. The van der Waals surface area contributed by atoms with Crippen molar-refractivity contribution in [3.8, 4) is 0 Å². The molecule has 34 heavy (non-hydrogen) atoms. The van der Waals surface area contributed by atoms with Crippen molar-refractivity contribution in [2.75, 3.05) is 12.4 Å². The molecule has 1 amide bonds. The first kappa shape index (κ1) is 23.2. The van der Waals surface area contributed by atoms with Gasteiger partial charge in [-0.2, -0.15) is 0 Å². The molecular formula is C25H21FN2O5S. The van der Waals surface area contributed by atoms with Gasteiger partial charge in [-0.3, -0.25) is 4.79 Å². The monoisotopic (exact) mass is 480 g/mol. The Morgan fingerprint density at radius 2 is 1.65 bits per heavy atom. The van der Waals surface area contributed by atoms with Crippen LogP contribution in [0.5, 0.6) is 0 Å². The summed E-state index contributed by atoms with van der Waals surface area (Å²) in [5, 5.41) is 3.17. The van der Waals surface area contributed by atoms with E-state index in [2.05, 4.69) is 5.32 Å². The van der Waals surface area contributed by atoms with Crippen LogP contribution < -0.4 is 5.32 Å². The summed E-state index contributed by atoms with van der Waals surface area (Å²) in [4.78, 5) is 24.8. The number of amides is 1. The van der Waals surface area contributed by atoms with Gasteiger partial charge in [0.25, 0.3) is 0 Å². The van der Waals surface area contributed by atoms with Crippen LogP contribution in [0.2, 0.25) is 0 Å². The van der Waals surface area contributed by atoms with Gasteiger partial charge in [0.05, 0.1) is 29.0 Å². The molecule has 0 radical (unpaired) electrons. The van der Waals surface area contributed by atoms with Gasteiger partial charge in [0.1, 0.15) is 12.4 Å². The summed E-state index contributed by atoms with van der Waals surface area (Å²) in [6, 6.07) is 18.6. The predicted octanol–water partition coefficient (Wildman–Crippen LogP) is 4.18. The topological polar surface area (TPSA) is 94.5 Å². The molecule has 174 valence electrons. The Balaban J connectivity index is 1.63. The highest BCUT2D eigenvalue weighted by Crippen LogP contribution is 2.28. The first-order valence-electron chi connectivity index (χ1n) is 10.3. The van der Waals surface area contributed by atoms with Crippen LogP contribution in [0.4, 0.5) is 10.1 Å². The fraction of sp³-hybridized carbons (Fsp3) is 0.120. The number of anilines is 1. The number of hydrogen-bond donors (Lipinski definition) is 1. The maximum Gasteiger partial charge on any atom is 0.339 e. The van der Waals surface area contributed by atoms with Crippen molar-refractivity contribution < 1.29 is 27.1 Å². The molecule has 1 heterocycles. The highest BCUT2D eigenvalue weighted by atomic mass is 32.2. The number of ether oxygens (including phenoxy) is 1. The molecule has 0 aliphatic carbocycles. The van der Waals surface area contributed by atoms with Crippen LogP contribution in [-0.4, -0.2) is 32.0 Å². The average Bonchev–Trinajstić information content (AvgIpc) is 3.19. The number of methoxy groups -OCH3 is 1. The van der Waals surface area contributed by atoms with Gasteiger partial charge in [0, 0.05) is 17.1 Å². The Hall–Kier alpha value is -3.98. The maximum absolute atomic E-state index is 13.2. The molecule has 0 atom stereocenters. The van der Waals surface area contributed by atoms with Crippen LogP contribution in [0, 0.1) is 5.82 Å². The Labute approximate surface area is 195 Å². The number of carbonyl (C=O) groups excluding carboxylic acids is 2. The molecule has 0 fully saturated rings. The average molecular weight is 481 g/mol. The van der Waals surface area contributed by atoms with Gasteiger partial charge in [-0.25, -0.2) is 17.6 Å². The van der Waals surface area contributed by atoms with Gasteiger partial charge in [-0.1, -0.05) is 42.5 Å². The third-order valence-corrected chi connectivity index (χ3v) is 6.99. The molecule has 9 heteroatoms. The number of hydrogen-bond acceptors (Lipinski definition) is 5. The van der Waals surface area contributed by atoms with E-state index in [0.717, 1.165) is 0 Å². The largest absolute Gasteiger partial charge is 0.465 e. The second-order valence-electron chi connectivity index (χ2n) is 7.61. The molecule has 0 bridgehead atoms. The standard InChI is InChI=1S/C25H21FN2O5S/c1-33-25(30)19-6-2-4-8-21(19)27-24(29)15-28-14-23(20-7-3-5-9-22(20)28)34(31,32)16-17-10-12-18(26)13-11-17/h2-14H,15-16H2,1H3,(H,27,29). The molecule has 0 saturated heterocycles. The van der Waals surface area contributed by atoms with E-state index in [1.165, 1.54) is 43.6 Å². The van der Waals surface area contributed by atoms with Gasteiger partial charge >= 0.3 is 5.97 Å². The van der Waals surface area contributed by atoms with Gasteiger partial charge in [0.15, 0.2) is 9.84 Å². The van der Waals surface area contributed by atoms with Crippen molar-refractivity contribution in [1.29, 1.82) is 0 Å². The Kier molecular flexibility index (Phi) is 6.47. The number of aromatic nitrogens is 1. The fourth-order valence-electron chi connectivity index (χ4n) is 3.69. The van der Waals surface area contributed by atoms with Crippen molar-refractivity contribution >= 4 is 38.3 Å². The van der Waals surface area contributed by atoms with Crippen LogP contribution in [0.1, 0.15) is 15.9 Å². The van der Waals surface area contributed by atoms with Crippen LogP contribution in [0.25, 0.3) is 10.9 Å². The lowest BCUT2D eigenvalue weighted by atomic mass is 10.2. The lowest BCUT2D eigenvalue weighted by molar-refractivity contribution is -0.116. The molecule has 0 aliphatic rings. The van der Waals surface area contributed by atoms with E-state index in [1.54, 1.807) is 47.0 Å². The Morgan fingerprint density at radius 1 is 0.971 bits per heavy atom. The lowest BCUT2D eigenvalue weighted by Crippen LogP contribution is -2.20. The van der Waals surface area contributed by atoms with Gasteiger partial charge in [-0.05, 0) is 35.9 Å². The van der Waals surface area contributed by atoms with Crippen LogP contribution in [-0.2, 0) is 31.7 Å². The van der Waals surface area contributed by atoms with Crippen LogP contribution in [0.3, 0.4) is 0 Å². The third kappa shape index (κ3) is 4.84. The quantitative estimate of drug-likeness (QED) is 0.401. The van der Waals surface area contributed by atoms with E-state index in [0.29, 0.717) is 22.2 Å². The summed E-state index contributed by atoms with van der Waals surface area (Å²) in [6.07, 6.45) is 1.43. The first-order chi connectivity index (χ1) is 16.3. The zero-order chi connectivity index (χ0) is 24.3. The van der Waals surface area contributed by atoms with E-state index < -0.39 is 27.5 Å². The molecule has 1 aromatic heterocycles. The minimum atomic E-state index is -3.78. The molecule has 0 saturated carbocycles. The number of esters is 1. The number of benzene rings is 3. The van der Waals surface area contributed by atoms with E-state index >= 15 is 0 Å². The van der Waals surface area contributed by atoms with Crippen molar-refractivity contribution in [2.24, 2.45) is 0 Å². The summed E-state index contributed by atoms with van der Waals surface area (Å²) in [5.41, 5.74) is 1.52. The number of sulfone groups is 1. The number of carbonyl (C=O) groups is 2. The molecule has 0 unspecified atom stereocenters. The van der Waals surface area contributed by atoms with E-state index in [-0.39, 0.29) is 22.8 Å². The number of nitrogens with one attached hydrogen (secondary N) is 1. The van der Waals surface area contributed by atoms with Gasteiger partial charge in [0.2, 0.25) is 5.91 Å². The minimum absolute atomic E-state index is 0.0789. The van der Waals surface area contributed by atoms with Gasteiger partial charge in [-0.15, -0.1) is 0 Å². The van der Waals surface area contributed by atoms with Crippen molar-refractivity contribution in [1.82, 2.24) is 4.57 Å². The minimum Gasteiger partial charge on any atom is -0.465 e. The van der Waals surface area contributed by atoms with Crippen LogP contribution >= 0.6 is 0 Å². The molecule has 7 nitrogen and oxygen atoms in total. The van der Waals surface area contributed by atoms with Crippen LogP contribution in [0.15, 0.2) is 83.9 Å². The number of rotatable bonds is 7. The lowest BCUT2D eigenvalue weighted by Gasteiger charge is -2.10. The Morgan fingerprint density at radius 3 is 2.38 bits per heavy atom. The highest BCUT2D eigenvalue weighted by Gasteiger charge is 2.23. The zero-order valence-corrected chi connectivity index (χ0v) is 19.0. The molecule has 4 rings (SSSR count). The number of halogens is 1. The third-order valence-electron chi connectivity index (χ3n) is 5.28. The normalized spacial score (nSPS) is 11.4. The fourth-order valence-corrected chi connectivity index (χ4v) is 5.28. The van der Waals surface area contributed by atoms with E-state index in [1.807, 2.05) is 0 Å². The molecule has 0 spiro atoms. The summed E-state index contributed by atoms with van der Waals surface area (Å²) in [7, 11) is -2.53. The van der Waals surface area contributed by atoms with E-state index in [9.17, 15) is 22.4 Å². The second-order valence-corrected chi connectivity index (χ2v) is 9.57. The van der Waals surface area contributed by atoms with Gasteiger partial charge < -0.3 is 14.6 Å². The molecule has 0 aliphatic heterocycles. The summed E-state index contributed by atoms with van der Waals surface area (Å²) in [6.45, 7) is -0.178. The molecule has 4 aromatic rings. The SMILES string of the molecule is COC(=O)c1ccccc1NC(=O)Cn1cc(S(=O)(=O)Cc2ccc(F)cc2)c2ccccc21. The number of fused-ring (bicyclic) bond motifs is 1. The number of nitrogens with zero attached hydrogens (tertiary/aromatic N) is 1. The summed E-state index contributed by atoms with van der Waals surface area (Å²) < 4.78 is 45.9. The van der Waals surface area contributed by atoms with Crippen molar-refractivity contribution in [2.45, 2.75) is 17.2 Å². The van der Waals surface area contributed by atoms with E-state index in [4.69, 9.17) is 4.74 Å². The van der Waals surface area contributed by atoms with Crippen molar-refractivity contribution in [3.63, 3.8) is 0 Å². The highest BCUT2D eigenvalue weighted by molar-refractivity contribution is 7.90. The second kappa shape index (κ2) is 9.48. The first-order valence-corrected chi connectivity index (χ1v) is 12.0. The maximum atomic E-state index is 13.2. The molecule has 1 N–H and O–H groups in total. The summed E-state index contributed by atoms with van der Waals surface area (Å²) >= 11 is 0. The molecule has 3 aromatic carbocycles. The predicted molar refractivity (Wildman–Crippen MR) is 126 cm³/mol. The Bertz CT molecular complexity index is 1480. The number of para-hydroxylation sites is 2. The smallest absolute Gasteiger partial charge is 0.339 e. The van der Waals surface area contributed by atoms with Crippen molar-refractivity contribution in [3.05, 3.63) is 95.9 Å². The molecular weight excluding hydrogens is 459 g/mol. The summed E-state index contributed by atoms with van der Waals surface area (Å²) in [5.74, 6) is -1.78.